The second kappa shape index (κ2) is 7.45. The van der Waals surface area contributed by atoms with Gasteiger partial charge in [-0.2, -0.15) is 5.01 Å². The van der Waals surface area contributed by atoms with Gasteiger partial charge in [0, 0.05) is 25.2 Å². The summed E-state index contributed by atoms with van der Waals surface area (Å²) in [4.78, 5) is 25.0. The Labute approximate surface area is 152 Å². The summed E-state index contributed by atoms with van der Waals surface area (Å²) < 4.78 is 10.9. The van der Waals surface area contributed by atoms with E-state index in [0.29, 0.717) is 11.5 Å². The SMILES string of the molecule is CCOC(=O)N(C(=O)NC1c2ccccc2Oc2ccccc21)N(C)C. The van der Waals surface area contributed by atoms with Crippen LogP contribution in [0.3, 0.4) is 0 Å². The summed E-state index contributed by atoms with van der Waals surface area (Å²) in [6.07, 6.45) is -0.733. The maximum Gasteiger partial charge on any atom is 0.433 e. The van der Waals surface area contributed by atoms with Crippen LogP contribution in [-0.2, 0) is 4.74 Å². The fraction of sp³-hybridized carbons (Fsp3) is 0.263. The van der Waals surface area contributed by atoms with E-state index in [4.69, 9.17) is 9.47 Å². The van der Waals surface area contributed by atoms with Crippen molar-refractivity contribution in [3.8, 4) is 11.5 Å². The second-order valence-electron chi connectivity index (χ2n) is 5.92. The largest absolute Gasteiger partial charge is 0.457 e. The second-order valence-corrected chi connectivity index (χ2v) is 5.92. The van der Waals surface area contributed by atoms with Crippen molar-refractivity contribution in [3.63, 3.8) is 0 Å². The highest BCUT2D eigenvalue weighted by Crippen LogP contribution is 2.42. The number of hydrogen-bond acceptors (Lipinski definition) is 5. The van der Waals surface area contributed by atoms with Crippen molar-refractivity contribution >= 4 is 12.1 Å². The lowest BCUT2D eigenvalue weighted by Gasteiger charge is -2.32. The number of hydrogen-bond donors (Lipinski definition) is 1. The average Bonchev–Trinajstić information content (AvgIpc) is 2.61. The van der Waals surface area contributed by atoms with E-state index in [-0.39, 0.29) is 6.61 Å². The number of rotatable bonds is 3. The molecule has 0 bridgehead atoms. The number of ether oxygens (including phenoxy) is 2. The van der Waals surface area contributed by atoms with E-state index in [9.17, 15) is 9.59 Å². The quantitative estimate of drug-likeness (QED) is 0.853. The third kappa shape index (κ3) is 3.34. The smallest absolute Gasteiger partial charge is 0.433 e. The Morgan fingerprint density at radius 2 is 1.58 bits per heavy atom. The van der Waals surface area contributed by atoms with Gasteiger partial charge >= 0.3 is 12.1 Å². The van der Waals surface area contributed by atoms with Gasteiger partial charge in [0.2, 0.25) is 0 Å². The molecule has 26 heavy (non-hydrogen) atoms. The molecule has 7 nitrogen and oxygen atoms in total. The van der Waals surface area contributed by atoms with Crippen molar-refractivity contribution in [1.82, 2.24) is 15.3 Å². The zero-order chi connectivity index (χ0) is 18.7. The van der Waals surface area contributed by atoms with Crippen molar-refractivity contribution in [2.45, 2.75) is 13.0 Å². The number of fused-ring (bicyclic) bond motifs is 2. The number of hydrazine groups is 1. The van der Waals surface area contributed by atoms with E-state index < -0.39 is 18.2 Å². The van der Waals surface area contributed by atoms with Crippen LogP contribution in [0.1, 0.15) is 24.1 Å². The Morgan fingerprint density at radius 1 is 1.04 bits per heavy atom. The number of imide groups is 1. The molecule has 136 valence electrons. The maximum absolute atomic E-state index is 12.8. The van der Waals surface area contributed by atoms with Gasteiger partial charge in [0.15, 0.2) is 0 Å². The monoisotopic (exact) mass is 355 g/mol. The standard InChI is InChI=1S/C19H21N3O4/c1-4-25-19(24)22(21(2)3)18(23)20-17-13-9-5-7-11-15(13)26-16-12-8-6-10-14(16)17/h5-12,17H,4H2,1-3H3,(H,20,23). The molecule has 1 aliphatic heterocycles. The number of carbonyl (C=O) groups is 2. The van der Waals surface area contributed by atoms with E-state index in [0.717, 1.165) is 16.1 Å². The fourth-order valence-electron chi connectivity index (χ4n) is 2.86. The van der Waals surface area contributed by atoms with Gasteiger partial charge in [0.1, 0.15) is 11.5 Å². The molecule has 7 heteroatoms. The first-order valence-electron chi connectivity index (χ1n) is 8.33. The minimum absolute atomic E-state index is 0.180. The first-order chi connectivity index (χ1) is 12.5. The number of benzene rings is 2. The molecule has 0 spiro atoms. The third-order valence-corrected chi connectivity index (χ3v) is 3.98. The Hall–Kier alpha value is -3.06. The van der Waals surface area contributed by atoms with Crippen LogP contribution in [0.5, 0.6) is 11.5 Å². The lowest BCUT2D eigenvalue weighted by atomic mass is 9.95. The van der Waals surface area contributed by atoms with E-state index in [1.54, 1.807) is 21.0 Å². The van der Waals surface area contributed by atoms with E-state index >= 15 is 0 Å². The van der Waals surface area contributed by atoms with E-state index in [1.807, 2.05) is 48.5 Å². The van der Waals surface area contributed by atoms with Crippen LogP contribution >= 0.6 is 0 Å². The highest BCUT2D eigenvalue weighted by Gasteiger charge is 2.32. The van der Waals surface area contributed by atoms with Crippen LogP contribution in [0.2, 0.25) is 0 Å². The van der Waals surface area contributed by atoms with E-state index in [1.165, 1.54) is 5.01 Å². The van der Waals surface area contributed by atoms with Crippen molar-refractivity contribution < 1.29 is 19.1 Å². The Kier molecular flexibility index (Phi) is 5.09. The molecule has 2 aromatic rings. The summed E-state index contributed by atoms with van der Waals surface area (Å²) in [5.74, 6) is 1.34. The fourth-order valence-corrected chi connectivity index (χ4v) is 2.86. The molecule has 0 aromatic heterocycles. The predicted octanol–water partition coefficient (Wildman–Crippen LogP) is 3.53. The van der Waals surface area contributed by atoms with Crippen LogP contribution in [0.15, 0.2) is 48.5 Å². The number of amides is 3. The van der Waals surface area contributed by atoms with Gasteiger partial charge < -0.3 is 14.8 Å². The minimum atomic E-state index is -0.733. The molecule has 0 unspecified atom stereocenters. The molecule has 1 heterocycles. The molecule has 0 aliphatic carbocycles. The summed E-state index contributed by atoms with van der Waals surface area (Å²) in [5, 5.41) is 5.22. The summed E-state index contributed by atoms with van der Waals surface area (Å²) in [5.41, 5.74) is 1.64. The van der Waals surface area contributed by atoms with Crippen molar-refractivity contribution in [3.05, 3.63) is 59.7 Å². The topological polar surface area (TPSA) is 71.1 Å². The molecule has 0 radical (unpaired) electrons. The average molecular weight is 355 g/mol. The zero-order valence-electron chi connectivity index (χ0n) is 14.9. The Bertz CT molecular complexity index is 776. The number of nitrogens with one attached hydrogen (secondary N) is 1. The van der Waals surface area contributed by atoms with Gasteiger partial charge in [0.25, 0.3) is 0 Å². The van der Waals surface area contributed by atoms with E-state index in [2.05, 4.69) is 5.32 Å². The first kappa shape index (κ1) is 17.8. The number of para-hydroxylation sites is 2. The summed E-state index contributed by atoms with van der Waals surface area (Å²) >= 11 is 0. The predicted molar refractivity (Wildman–Crippen MR) is 95.9 cm³/mol. The van der Waals surface area contributed by atoms with Gasteiger partial charge in [0.05, 0.1) is 12.6 Å². The lowest BCUT2D eigenvalue weighted by molar-refractivity contribution is 0.0392. The minimum Gasteiger partial charge on any atom is -0.457 e. The normalized spacial score (nSPS) is 12.6. The highest BCUT2D eigenvalue weighted by molar-refractivity contribution is 5.90. The van der Waals surface area contributed by atoms with Gasteiger partial charge in [-0.05, 0) is 19.1 Å². The summed E-state index contributed by atoms with van der Waals surface area (Å²) in [6, 6.07) is 14.0. The Balaban J connectivity index is 1.94. The molecule has 0 atom stereocenters. The Morgan fingerprint density at radius 3 is 2.08 bits per heavy atom. The summed E-state index contributed by atoms with van der Waals surface area (Å²) in [7, 11) is 3.20. The third-order valence-electron chi connectivity index (χ3n) is 3.98. The molecule has 3 amide bonds. The molecule has 0 saturated heterocycles. The maximum atomic E-state index is 12.8. The molecule has 1 N–H and O–H groups in total. The lowest BCUT2D eigenvalue weighted by Crippen LogP contribution is -2.52. The molecular formula is C19H21N3O4. The number of urea groups is 1. The highest BCUT2D eigenvalue weighted by atomic mass is 16.6. The van der Waals surface area contributed by atoms with Crippen LogP contribution in [-0.4, -0.2) is 42.8 Å². The molecule has 0 saturated carbocycles. The van der Waals surface area contributed by atoms with Crippen molar-refractivity contribution in [1.29, 1.82) is 0 Å². The van der Waals surface area contributed by atoms with Crippen LogP contribution in [0.4, 0.5) is 9.59 Å². The number of nitrogens with zero attached hydrogens (tertiary/aromatic N) is 2. The van der Waals surface area contributed by atoms with Crippen LogP contribution in [0, 0.1) is 0 Å². The van der Waals surface area contributed by atoms with Gasteiger partial charge in [-0.1, -0.05) is 36.4 Å². The van der Waals surface area contributed by atoms with Crippen molar-refractivity contribution in [2.24, 2.45) is 0 Å². The molecule has 1 aliphatic rings. The number of carbonyl (C=O) groups excluding carboxylic acids is 2. The van der Waals surface area contributed by atoms with Crippen molar-refractivity contribution in [2.75, 3.05) is 20.7 Å². The van der Waals surface area contributed by atoms with Crippen LogP contribution in [0.25, 0.3) is 0 Å². The summed E-state index contributed by atoms with van der Waals surface area (Å²) in [6.45, 7) is 1.87. The van der Waals surface area contributed by atoms with Gasteiger partial charge in [-0.3, -0.25) is 0 Å². The molecule has 0 fully saturated rings. The first-order valence-corrected chi connectivity index (χ1v) is 8.33. The van der Waals surface area contributed by atoms with Crippen LogP contribution < -0.4 is 10.1 Å². The van der Waals surface area contributed by atoms with Gasteiger partial charge in [-0.25, -0.2) is 14.6 Å². The molecule has 3 rings (SSSR count). The zero-order valence-corrected chi connectivity index (χ0v) is 14.9. The molecular weight excluding hydrogens is 334 g/mol. The molecule has 2 aromatic carbocycles. The van der Waals surface area contributed by atoms with Gasteiger partial charge in [-0.15, -0.1) is 0 Å².